The van der Waals surface area contributed by atoms with Crippen LogP contribution in [0.15, 0.2) is 54.3 Å². The number of allylic oxidation sites excluding steroid dienone is 3. The van der Waals surface area contributed by atoms with E-state index in [0.29, 0.717) is 5.56 Å². The Bertz CT molecular complexity index is 390. The van der Waals surface area contributed by atoms with Crippen molar-refractivity contribution in [3.8, 4) is 0 Å². The predicted octanol–water partition coefficient (Wildman–Crippen LogP) is 2.26. The van der Waals surface area contributed by atoms with Gasteiger partial charge in [-0.2, -0.15) is 0 Å². The minimum atomic E-state index is -0.0412. The lowest BCUT2D eigenvalue weighted by Crippen LogP contribution is -2.21. The van der Waals surface area contributed by atoms with Crippen LogP contribution in [-0.2, 0) is 0 Å². The van der Waals surface area contributed by atoms with Gasteiger partial charge in [0.05, 0.1) is 0 Å². The van der Waals surface area contributed by atoms with E-state index >= 15 is 0 Å². The highest BCUT2D eigenvalue weighted by Gasteiger charge is 2.06. The van der Waals surface area contributed by atoms with E-state index in [9.17, 15) is 4.79 Å². The Morgan fingerprint density at radius 2 is 2.00 bits per heavy atom. The minimum absolute atomic E-state index is 0.0412. The quantitative estimate of drug-likeness (QED) is 0.752. The molecule has 14 heavy (non-hydrogen) atoms. The zero-order valence-electron chi connectivity index (χ0n) is 7.73. The van der Waals surface area contributed by atoms with E-state index in [1.54, 1.807) is 12.1 Å². The molecule has 0 fully saturated rings. The van der Waals surface area contributed by atoms with Gasteiger partial charge in [0.15, 0.2) is 0 Å². The molecule has 0 heterocycles. The fourth-order valence-electron chi connectivity index (χ4n) is 1.35. The molecule has 0 bridgehead atoms. The maximum Gasteiger partial charge on any atom is 0.255 e. The van der Waals surface area contributed by atoms with Crippen molar-refractivity contribution in [2.75, 3.05) is 0 Å². The van der Waals surface area contributed by atoms with Crippen molar-refractivity contribution < 1.29 is 4.79 Å². The molecular formula is C12H11NO. The summed E-state index contributed by atoms with van der Waals surface area (Å²) in [6.07, 6.45) is 6.70. The van der Waals surface area contributed by atoms with Gasteiger partial charge in [0.25, 0.3) is 5.91 Å². The minimum Gasteiger partial charge on any atom is -0.325 e. The molecule has 70 valence electrons. The van der Waals surface area contributed by atoms with Gasteiger partial charge in [-0.1, -0.05) is 30.4 Å². The summed E-state index contributed by atoms with van der Waals surface area (Å²) in [6.45, 7) is 0. The molecule has 0 aromatic heterocycles. The van der Waals surface area contributed by atoms with Gasteiger partial charge in [0, 0.05) is 17.7 Å². The first-order valence-corrected chi connectivity index (χ1v) is 4.58. The third-order valence-corrected chi connectivity index (χ3v) is 2.08. The molecule has 1 aliphatic rings. The SMILES string of the molecule is O=C(NC1=CC=CC1)c1ccccc1. The van der Waals surface area contributed by atoms with Gasteiger partial charge in [-0.15, -0.1) is 0 Å². The Kier molecular flexibility index (Phi) is 2.45. The molecule has 1 aromatic carbocycles. The summed E-state index contributed by atoms with van der Waals surface area (Å²) in [4.78, 5) is 11.6. The topological polar surface area (TPSA) is 29.1 Å². The molecular weight excluding hydrogens is 174 g/mol. The van der Waals surface area contributed by atoms with Gasteiger partial charge in [-0.25, -0.2) is 0 Å². The molecule has 0 aliphatic heterocycles. The smallest absolute Gasteiger partial charge is 0.255 e. The predicted molar refractivity (Wildman–Crippen MR) is 55.7 cm³/mol. The molecule has 0 saturated heterocycles. The first kappa shape index (κ1) is 8.75. The Morgan fingerprint density at radius 3 is 2.64 bits per heavy atom. The molecule has 0 radical (unpaired) electrons. The number of amides is 1. The van der Waals surface area contributed by atoms with Gasteiger partial charge in [0.1, 0.15) is 0 Å². The third kappa shape index (κ3) is 1.91. The zero-order valence-corrected chi connectivity index (χ0v) is 7.73. The fraction of sp³-hybridized carbons (Fsp3) is 0.0833. The van der Waals surface area contributed by atoms with Crippen LogP contribution in [0.25, 0.3) is 0 Å². The van der Waals surface area contributed by atoms with Crippen molar-refractivity contribution >= 4 is 5.91 Å². The second-order valence-electron chi connectivity index (χ2n) is 3.14. The van der Waals surface area contributed by atoms with Gasteiger partial charge in [-0.05, 0) is 18.2 Å². The van der Waals surface area contributed by atoms with Crippen LogP contribution in [-0.4, -0.2) is 5.91 Å². The number of nitrogens with one attached hydrogen (secondary N) is 1. The van der Waals surface area contributed by atoms with Crippen LogP contribution in [0.2, 0.25) is 0 Å². The van der Waals surface area contributed by atoms with Gasteiger partial charge < -0.3 is 5.32 Å². The standard InChI is InChI=1S/C12H11NO/c14-12(10-6-2-1-3-7-10)13-11-8-4-5-9-11/h1-8H,9H2,(H,13,14). The van der Waals surface area contributed by atoms with Crippen molar-refractivity contribution in [2.45, 2.75) is 6.42 Å². The lowest BCUT2D eigenvalue weighted by molar-refractivity contribution is 0.0965. The average molecular weight is 185 g/mol. The van der Waals surface area contributed by atoms with E-state index < -0.39 is 0 Å². The molecule has 1 aliphatic carbocycles. The molecule has 1 amide bonds. The molecule has 2 heteroatoms. The van der Waals surface area contributed by atoms with E-state index in [1.807, 2.05) is 36.4 Å². The average Bonchev–Trinajstić information content (AvgIpc) is 2.72. The normalized spacial score (nSPS) is 13.9. The van der Waals surface area contributed by atoms with Crippen molar-refractivity contribution in [1.82, 2.24) is 5.32 Å². The zero-order chi connectivity index (χ0) is 9.80. The molecule has 1 aromatic rings. The van der Waals surface area contributed by atoms with Crippen LogP contribution in [0.4, 0.5) is 0 Å². The second kappa shape index (κ2) is 3.92. The lowest BCUT2D eigenvalue weighted by atomic mass is 10.2. The van der Waals surface area contributed by atoms with Crippen molar-refractivity contribution in [2.24, 2.45) is 0 Å². The summed E-state index contributed by atoms with van der Waals surface area (Å²) in [5, 5.41) is 2.85. The van der Waals surface area contributed by atoms with Crippen LogP contribution < -0.4 is 5.32 Å². The van der Waals surface area contributed by atoms with Gasteiger partial charge in [0.2, 0.25) is 0 Å². The lowest BCUT2D eigenvalue weighted by Gasteiger charge is -2.04. The fourth-order valence-corrected chi connectivity index (χ4v) is 1.35. The van der Waals surface area contributed by atoms with Gasteiger partial charge in [-0.3, -0.25) is 4.79 Å². The number of benzene rings is 1. The molecule has 1 N–H and O–H groups in total. The highest BCUT2D eigenvalue weighted by molar-refractivity contribution is 5.95. The molecule has 0 spiro atoms. The maximum atomic E-state index is 11.6. The van der Waals surface area contributed by atoms with E-state index in [0.717, 1.165) is 12.1 Å². The largest absolute Gasteiger partial charge is 0.325 e. The number of hydrogen-bond acceptors (Lipinski definition) is 1. The highest BCUT2D eigenvalue weighted by Crippen LogP contribution is 2.08. The maximum absolute atomic E-state index is 11.6. The summed E-state index contributed by atoms with van der Waals surface area (Å²) in [5.41, 5.74) is 1.65. The Hall–Kier alpha value is -1.83. The van der Waals surface area contributed by atoms with E-state index in [4.69, 9.17) is 0 Å². The van der Waals surface area contributed by atoms with Crippen LogP contribution in [0.5, 0.6) is 0 Å². The van der Waals surface area contributed by atoms with Crippen LogP contribution in [0.3, 0.4) is 0 Å². The van der Waals surface area contributed by atoms with E-state index in [1.165, 1.54) is 0 Å². The number of carbonyl (C=O) groups excluding carboxylic acids is 1. The van der Waals surface area contributed by atoms with E-state index in [-0.39, 0.29) is 5.91 Å². The Morgan fingerprint density at radius 1 is 1.21 bits per heavy atom. The highest BCUT2D eigenvalue weighted by atomic mass is 16.1. The Labute approximate surface area is 82.9 Å². The number of carbonyl (C=O) groups is 1. The first-order chi connectivity index (χ1) is 6.86. The summed E-state index contributed by atoms with van der Waals surface area (Å²) in [5.74, 6) is -0.0412. The molecule has 0 saturated carbocycles. The first-order valence-electron chi connectivity index (χ1n) is 4.58. The van der Waals surface area contributed by atoms with Crippen molar-refractivity contribution in [3.63, 3.8) is 0 Å². The monoisotopic (exact) mass is 185 g/mol. The number of hydrogen-bond donors (Lipinski definition) is 1. The van der Waals surface area contributed by atoms with Gasteiger partial charge >= 0.3 is 0 Å². The van der Waals surface area contributed by atoms with Crippen LogP contribution >= 0.6 is 0 Å². The summed E-state index contributed by atoms with van der Waals surface area (Å²) >= 11 is 0. The van der Waals surface area contributed by atoms with E-state index in [2.05, 4.69) is 5.32 Å². The molecule has 0 unspecified atom stereocenters. The third-order valence-electron chi connectivity index (χ3n) is 2.08. The summed E-state index contributed by atoms with van der Waals surface area (Å²) in [7, 11) is 0. The molecule has 2 nitrogen and oxygen atoms in total. The molecule has 2 rings (SSSR count). The number of rotatable bonds is 2. The summed E-state index contributed by atoms with van der Waals surface area (Å²) < 4.78 is 0. The molecule has 0 atom stereocenters. The summed E-state index contributed by atoms with van der Waals surface area (Å²) in [6, 6.07) is 9.22. The van der Waals surface area contributed by atoms with Crippen molar-refractivity contribution in [1.29, 1.82) is 0 Å². The van der Waals surface area contributed by atoms with Crippen molar-refractivity contribution in [3.05, 3.63) is 59.8 Å². The Balaban J connectivity index is 2.03. The second-order valence-corrected chi connectivity index (χ2v) is 3.14. The van der Waals surface area contributed by atoms with Crippen LogP contribution in [0.1, 0.15) is 16.8 Å². The van der Waals surface area contributed by atoms with Crippen LogP contribution in [0, 0.1) is 0 Å².